The predicted molar refractivity (Wildman–Crippen MR) is 92.0 cm³/mol. The lowest BCUT2D eigenvalue weighted by molar-refractivity contribution is 1.10. The van der Waals surface area contributed by atoms with Crippen molar-refractivity contribution < 1.29 is 0 Å². The van der Waals surface area contributed by atoms with Crippen LogP contribution in [0.2, 0.25) is 0 Å². The van der Waals surface area contributed by atoms with E-state index in [0.29, 0.717) is 11.6 Å². The van der Waals surface area contributed by atoms with Gasteiger partial charge in [-0.2, -0.15) is 0 Å². The summed E-state index contributed by atoms with van der Waals surface area (Å²) in [6.07, 6.45) is 6.35. The Morgan fingerprint density at radius 1 is 1.13 bits per heavy atom. The second-order valence-corrected chi connectivity index (χ2v) is 5.10. The minimum absolute atomic E-state index is 0.496. The zero-order valence-corrected chi connectivity index (χ0v) is 12.6. The molecule has 0 saturated carbocycles. The van der Waals surface area contributed by atoms with Gasteiger partial charge in [0.2, 0.25) is 5.95 Å². The summed E-state index contributed by atoms with van der Waals surface area (Å²) in [4.78, 5) is 12.6. The number of hydrogen-bond donors (Lipinski definition) is 3. The van der Waals surface area contributed by atoms with Crippen LogP contribution in [0.5, 0.6) is 0 Å². The van der Waals surface area contributed by atoms with Crippen LogP contribution in [0, 0.1) is 12.3 Å². The Morgan fingerprint density at radius 3 is 2.74 bits per heavy atom. The van der Waals surface area contributed by atoms with Crippen LogP contribution in [0.4, 0.5) is 17.3 Å². The number of nitrogens with zero attached hydrogens (tertiary/aromatic N) is 3. The highest BCUT2D eigenvalue weighted by Crippen LogP contribution is 2.27. The third-order valence-corrected chi connectivity index (χ3v) is 3.34. The van der Waals surface area contributed by atoms with Crippen LogP contribution >= 0.6 is 0 Å². The fourth-order valence-corrected chi connectivity index (χ4v) is 2.22. The molecule has 114 valence electrons. The van der Waals surface area contributed by atoms with Crippen molar-refractivity contribution in [3.8, 4) is 11.1 Å². The summed E-state index contributed by atoms with van der Waals surface area (Å²) in [6.45, 7) is 1.90. The van der Waals surface area contributed by atoms with Gasteiger partial charge in [0.15, 0.2) is 0 Å². The van der Waals surface area contributed by atoms with Crippen molar-refractivity contribution in [2.24, 2.45) is 0 Å². The van der Waals surface area contributed by atoms with Gasteiger partial charge in [-0.05, 0) is 30.7 Å². The van der Waals surface area contributed by atoms with Gasteiger partial charge in [0.05, 0.1) is 11.4 Å². The zero-order chi connectivity index (χ0) is 16.2. The predicted octanol–water partition coefficient (Wildman–Crippen LogP) is 3.17. The van der Waals surface area contributed by atoms with Gasteiger partial charge < -0.3 is 16.5 Å². The molecule has 6 heteroatoms. The maximum atomic E-state index is 7.56. The molecule has 0 bridgehead atoms. The van der Waals surface area contributed by atoms with Gasteiger partial charge in [0, 0.05) is 41.6 Å². The van der Waals surface area contributed by atoms with Crippen LogP contribution in [0.1, 0.15) is 11.3 Å². The van der Waals surface area contributed by atoms with E-state index in [1.165, 1.54) is 6.21 Å². The second-order valence-electron chi connectivity index (χ2n) is 5.10. The summed E-state index contributed by atoms with van der Waals surface area (Å²) in [5.74, 6) is 0.496. The van der Waals surface area contributed by atoms with E-state index in [1.54, 1.807) is 18.6 Å². The van der Waals surface area contributed by atoms with E-state index in [9.17, 15) is 0 Å². The van der Waals surface area contributed by atoms with E-state index in [4.69, 9.17) is 11.1 Å². The summed E-state index contributed by atoms with van der Waals surface area (Å²) in [5.41, 5.74) is 10.6. The molecule has 6 nitrogen and oxygen atoms in total. The molecule has 0 radical (unpaired) electrons. The molecule has 23 heavy (non-hydrogen) atoms. The number of nitrogens with two attached hydrogens (primary N) is 1. The highest BCUT2D eigenvalue weighted by atomic mass is 15.1. The van der Waals surface area contributed by atoms with E-state index < -0.39 is 0 Å². The van der Waals surface area contributed by atoms with Crippen molar-refractivity contribution in [2.45, 2.75) is 6.92 Å². The summed E-state index contributed by atoms with van der Waals surface area (Å²) < 4.78 is 0. The normalized spacial score (nSPS) is 10.3. The van der Waals surface area contributed by atoms with Gasteiger partial charge in [0.25, 0.3) is 0 Å². The molecule has 0 spiro atoms. The van der Waals surface area contributed by atoms with Gasteiger partial charge in [-0.15, -0.1) is 0 Å². The zero-order valence-electron chi connectivity index (χ0n) is 12.6. The smallest absolute Gasteiger partial charge is 0.227 e. The van der Waals surface area contributed by atoms with Gasteiger partial charge in [0.1, 0.15) is 0 Å². The molecule has 0 atom stereocenters. The molecule has 2 aromatic heterocycles. The Kier molecular flexibility index (Phi) is 3.97. The lowest BCUT2D eigenvalue weighted by Crippen LogP contribution is -2.01. The molecule has 0 unspecified atom stereocenters. The molecule has 0 aliphatic rings. The Hall–Kier alpha value is -3.28. The third kappa shape index (κ3) is 3.32. The maximum absolute atomic E-state index is 7.56. The van der Waals surface area contributed by atoms with E-state index in [1.807, 2.05) is 37.3 Å². The van der Waals surface area contributed by atoms with Crippen LogP contribution < -0.4 is 11.1 Å². The number of hydrogen-bond acceptors (Lipinski definition) is 6. The fourth-order valence-electron chi connectivity index (χ4n) is 2.22. The number of pyridine rings is 1. The highest BCUT2D eigenvalue weighted by molar-refractivity contribution is 5.89. The molecule has 4 N–H and O–H groups in total. The van der Waals surface area contributed by atoms with Gasteiger partial charge in [-0.1, -0.05) is 12.1 Å². The molecule has 3 aromatic rings. The molecule has 2 heterocycles. The molecule has 1 aromatic carbocycles. The minimum atomic E-state index is 0.496. The molecule has 3 rings (SSSR count). The first-order chi connectivity index (χ1) is 11.2. The van der Waals surface area contributed by atoms with E-state index in [-0.39, 0.29) is 0 Å². The van der Waals surface area contributed by atoms with Gasteiger partial charge >= 0.3 is 0 Å². The second kappa shape index (κ2) is 6.23. The van der Waals surface area contributed by atoms with Crippen molar-refractivity contribution in [3.63, 3.8) is 0 Å². The molecule has 0 aliphatic carbocycles. The summed E-state index contributed by atoms with van der Waals surface area (Å²) in [5, 5.41) is 10.7. The monoisotopic (exact) mass is 304 g/mol. The van der Waals surface area contributed by atoms with Gasteiger partial charge in [-0.3, -0.25) is 4.98 Å². The first kappa shape index (κ1) is 14.6. The summed E-state index contributed by atoms with van der Waals surface area (Å²) >= 11 is 0. The summed E-state index contributed by atoms with van der Waals surface area (Å²) in [7, 11) is 0. The number of aromatic nitrogens is 3. The highest BCUT2D eigenvalue weighted by Gasteiger charge is 2.07. The van der Waals surface area contributed by atoms with Crippen molar-refractivity contribution in [1.82, 2.24) is 15.0 Å². The molecular weight excluding hydrogens is 288 g/mol. The fraction of sp³-hybridized carbons (Fsp3) is 0.0588. The van der Waals surface area contributed by atoms with E-state index in [2.05, 4.69) is 20.3 Å². The average molecular weight is 304 g/mol. The van der Waals surface area contributed by atoms with Crippen LogP contribution in [-0.2, 0) is 0 Å². The standard InChI is InChI=1S/C17H16N6/c1-11-4-5-21-17(22-11)23-16-7-12(2-3-13(16)8-18)14-6-15(19)10-20-9-14/h2-10,18H,19H2,1H3,(H,21,22,23). The largest absolute Gasteiger partial charge is 0.397 e. The topological polar surface area (TPSA) is 101 Å². The third-order valence-electron chi connectivity index (χ3n) is 3.34. The van der Waals surface area contributed by atoms with E-state index in [0.717, 1.165) is 28.1 Å². The first-order valence-corrected chi connectivity index (χ1v) is 7.08. The van der Waals surface area contributed by atoms with Crippen LogP contribution in [0.15, 0.2) is 48.9 Å². The van der Waals surface area contributed by atoms with Crippen molar-refractivity contribution in [2.75, 3.05) is 11.1 Å². The minimum Gasteiger partial charge on any atom is -0.397 e. The van der Waals surface area contributed by atoms with Crippen LogP contribution in [0.3, 0.4) is 0 Å². The SMILES string of the molecule is Cc1ccnc(Nc2cc(-c3cncc(N)c3)ccc2C=N)n1. The average Bonchev–Trinajstić information content (AvgIpc) is 2.55. The Balaban J connectivity index is 2.01. The molecule has 0 amide bonds. The van der Waals surface area contributed by atoms with Crippen LogP contribution in [0.25, 0.3) is 11.1 Å². The van der Waals surface area contributed by atoms with Gasteiger partial charge in [-0.25, -0.2) is 9.97 Å². The van der Waals surface area contributed by atoms with Crippen molar-refractivity contribution in [3.05, 3.63) is 60.2 Å². The number of nitrogen functional groups attached to an aromatic ring is 1. The number of anilines is 3. The van der Waals surface area contributed by atoms with Crippen LogP contribution in [-0.4, -0.2) is 21.2 Å². The van der Waals surface area contributed by atoms with Crippen molar-refractivity contribution >= 4 is 23.5 Å². The lowest BCUT2D eigenvalue weighted by atomic mass is 10.0. The molecule has 0 aliphatic heterocycles. The number of benzene rings is 1. The molecule has 0 saturated heterocycles. The Bertz CT molecular complexity index is 859. The Labute approximate surface area is 134 Å². The molecule has 0 fully saturated rings. The lowest BCUT2D eigenvalue weighted by Gasteiger charge is -2.11. The quantitative estimate of drug-likeness (QED) is 0.643. The first-order valence-electron chi connectivity index (χ1n) is 7.08. The van der Waals surface area contributed by atoms with Crippen molar-refractivity contribution in [1.29, 1.82) is 5.41 Å². The Morgan fingerprint density at radius 2 is 2.00 bits per heavy atom. The molecular formula is C17H16N6. The summed E-state index contributed by atoms with van der Waals surface area (Å²) in [6, 6.07) is 9.42. The maximum Gasteiger partial charge on any atom is 0.227 e. The number of nitrogens with one attached hydrogen (secondary N) is 2. The number of aryl methyl sites for hydroxylation is 1. The van der Waals surface area contributed by atoms with E-state index >= 15 is 0 Å². The number of rotatable bonds is 4.